The lowest BCUT2D eigenvalue weighted by Crippen LogP contribution is -2.43. The highest BCUT2D eigenvalue weighted by molar-refractivity contribution is 8.00. The summed E-state index contributed by atoms with van der Waals surface area (Å²) >= 11 is 1.98. The molecule has 2 heteroatoms. The van der Waals surface area contributed by atoms with E-state index in [4.69, 9.17) is 6.42 Å². The van der Waals surface area contributed by atoms with E-state index in [-0.39, 0.29) is 0 Å². The molecule has 0 radical (unpaired) electrons. The molecule has 0 bridgehead atoms. The molecule has 0 atom stereocenters. The molecule has 1 saturated carbocycles. The Bertz CT molecular complexity index is 150. The fraction of sp³-hybridized carbons (Fsp3) is 0.778. The zero-order valence-electron chi connectivity index (χ0n) is 7.02. The van der Waals surface area contributed by atoms with E-state index < -0.39 is 0 Å². The molecule has 1 fully saturated rings. The molecular weight excluding hydrogens is 154 g/mol. The van der Waals surface area contributed by atoms with Gasteiger partial charge in [0.15, 0.2) is 0 Å². The fourth-order valence-electron chi connectivity index (χ4n) is 1.39. The van der Waals surface area contributed by atoms with Gasteiger partial charge in [0.25, 0.3) is 0 Å². The maximum Gasteiger partial charge on any atom is 0.0574 e. The summed E-state index contributed by atoms with van der Waals surface area (Å²) in [5, 5.41) is 3.27. The maximum atomic E-state index is 5.14. The lowest BCUT2D eigenvalue weighted by molar-refractivity contribution is 0.351. The van der Waals surface area contributed by atoms with Crippen LogP contribution in [0, 0.1) is 12.3 Å². The Balaban J connectivity index is 2.17. The molecule has 11 heavy (non-hydrogen) atoms. The van der Waals surface area contributed by atoms with Crippen molar-refractivity contribution in [1.29, 1.82) is 0 Å². The molecule has 0 spiro atoms. The topological polar surface area (TPSA) is 12.0 Å². The molecular formula is C9H15NS. The third kappa shape index (κ3) is 2.15. The van der Waals surface area contributed by atoms with Crippen molar-refractivity contribution in [2.24, 2.45) is 0 Å². The summed E-state index contributed by atoms with van der Waals surface area (Å²) in [7, 11) is 0. The first-order chi connectivity index (χ1) is 5.33. The van der Waals surface area contributed by atoms with Crippen molar-refractivity contribution in [3.05, 3.63) is 0 Å². The summed E-state index contributed by atoms with van der Waals surface area (Å²) in [6.07, 6.45) is 11.4. The maximum absolute atomic E-state index is 5.14. The van der Waals surface area contributed by atoms with E-state index in [1.165, 1.54) is 19.3 Å². The Morgan fingerprint density at radius 1 is 1.64 bits per heavy atom. The predicted molar refractivity (Wildman–Crippen MR) is 51.8 cm³/mol. The number of hydrogen-bond acceptors (Lipinski definition) is 2. The minimum Gasteiger partial charge on any atom is -0.305 e. The molecule has 62 valence electrons. The van der Waals surface area contributed by atoms with Crippen molar-refractivity contribution < 1.29 is 0 Å². The zero-order valence-corrected chi connectivity index (χ0v) is 7.84. The van der Waals surface area contributed by atoms with E-state index in [0.29, 0.717) is 11.3 Å². The minimum absolute atomic E-state index is 0.525. The van der Waals surface area contributed by atoms with Gasteiger partial charge >= 0.3 is 0 Å². The van der Waals surface area contributed by atoms with Crippen LogP contribution in [-0.4, -0.2) is 24.1 Å². The number of rotatable bonds is 4. The number of hydrogen-bond donors (Lipinski definition) is 1. The normalized spacial score (nSPS) is 20.4. The number of thioether (sulfide) groups is 1. The Kier molecular flexibility index (Phi) is 3.29. The van der Waals surface area contributed by atoms with Crippen LogP contribution in [0.4, 0.5) is 0 Å². The van der Waals surface area contributed by atoms with Gasteiger partial charge in [0.1, 0.15) is 0 Å². The van der Waals surface area contributed by atoms with Gasteiger partial charge in [-0.3, -0.25) is 0 Å². The Morgan fingerprint density at radius 2 is 2.36 bits per heavy atom. The van der Waals surface area contributed by atoms with Gasteiger partial charge in [0.2, 0.25) is 0 Å². The van der Waals surface area contributed by atoms with Gasteiger partial charge < -0.3 is 5.32 Å². The van der Waals surface area contributed by atoms with Crippen LogP contribution in [0.3, 0.4) is 0 Å². The van der Waals surface area contributed by atoms with Gasteiger partial charge in [-0.05, 0) is 19.1 Å². The SMILES string of the molecule is C#CCNCC1(SC)CCC1. The lowest BCUT2D eigenvalue weighted by Gasteiger charge is -2.40. The van der Waals surface area contributed by atoms with E-state index in [9.17, 15) is 0 Å². The van der Waals surface area contributed by atoms with Crippen LogP contribution in [0.2, 0.25) is 0 Å². The van der Waals surface area contributed by atoms with Gasteiger partial charge in [-0.2, -0.15) is 11.8 Å². The smallest absolute Gasteiger partial charge is 0.0574 e. The molecule has 0 aromatic rings. The summed E-state index contributed by atoms with van der Waals surface area (Å²) in [6, 6.07) is 0. The minimum atomic E-state index is 0.525. The standard InChI is InChI=1S/C9H15NS/c1-3-7-10-8-9(11-2)5-4-6-9/h1,10H,4-8H2,2H3. The summed E-state index contributed by atoms with van der Waals surface area (Å²) in [6.45, 7) is 1.79. The molecule has 0 aliphatic heterocycles. The molecule has 0 heterocycles. The summed E-state index contributed by atoms with van der Waals surface area (Å²) in [4.78, 5) is 0. The number of terminal acetylenes is 1. The molecule has 1 N–H and O–H groups in total. The molecule has 1 nitrogen and oxygen atoms in total. The van der Waals surface area contributed by atoms with Crippen molar-refractivity contribution in [1.82, 2.24) is 5.32 Å². The van der Waals surface area contributed by atoms with Crippen molar-refractivity contribution in [3.8, 4) is 12.3 Å². The van der Waals surface area contributed by atoms with E-state index in [2.05, 4.69) is 17.5 Å². The highest BCUT2D eigenvalue weighted by atomic mass is 32.2. The highest BCUT2D eigenvalue weighted by Crippen LogP contribution is 2.41. The van der Waals surface area contributed by atoms with E-state index in [0.717, 1.165) is 6.54 Å². The second kappa shape index (κ2) is 4.04. The van der Waals surface area contributed by atoms with Gasteiger partial charge in [-0.1, -0.05) is 12.3 Å². The molecule has 0 aromatic heterocycles. The Labute approximate surface area is 73.3 Å². The summed E-state index contributed by atoms with van der Waals surface area (Å²) < 4.78 is 0.525. The van der Waals surface area contributed by atoms with Gasteiger partial charge in [0.05, 0.1) is 6.54 Å². The van der Waals surface area contributed by atoms with Crippen LogP contribution in [0.15, 0.2) is 0 Å². The van der Waals surface area contributed by atoms with Crippen molar-refractivity contribution in [2.75, 3.05) is 19.3 Å². The average Bonchev–Trinajstić information content (AvgIpc) is 1.95. The van der Waals surface area contributed by atoms with Gasteiger partial charge in [-0.25, -0.2) is 0 Å². The molecule has 1 aliphatic rings. The summed E-state index contributed by atoms with van der Waals surface area (Å²) in [5.74, 6) is 2.59. The van der Waals surface area contributed by atoms with Crippen LogP contribution < -0.4 is 5.32 Å². The zero-order chi connectivity index (χ0) is 8.16. The molecule has 1 aliphatic carbocycles. The first-order valence-electron chi connectivity index (χ1n) is 4.02. The second-order valence-electron chi connectivity index (χ2n) is 3.05. The predicted octanol–water partition coefficient (Wildman–Crippen LogP) is 1.49. The molecule has 1 rings (SSSR count). The monoisotopic (exact) mass is 169 g/mol. The van der Waals surface area contributed by atoms with Crippen LogP contribution >= 0.6 is 11.8 Å². The van der Waals surface area contributed by atoms with Crippen molar-refractivity contribution in [3.63, 3.8) is 0 Å². The molecule has 0 aromatic carbocycles. The van der Waals surface area contributed by atoms with Crippen molar-refractivity contribution >= 4 is 11.8 Å². The van der Waals surface area contributed by atoms with E-state index in [1.807, 2.05) is 11.8 Å². The van der Waals surface area contributed by atoms with E-state index in [1.54, 1.807) is 0 Å². The summed E-state index contributed by atoms with van der Waals surface area (Å²) in [5.41, 5.74) is 0. The van der Waals surface area contributed by atoms with Gasteiger partial charge in [0, 0.05) is 11.3 Å². The average molecular weight is 169 g/mol. The largest absolute Gasteiger partial charge is 0.305 e. The molecule has 0 amide bonds. The fourth-order valence-corrected chi connectivity index (χ4v) is 2.33. The lowest BCUT2D eigenvalue weighted by atomic mass is 9.84. The Hall–Kier alpha value is -0.130. The molecule has 0 saturated heterocycles. The Morgan fingerprint density at radius 3 is 2.73 bits per heavy atom. The van der Waals surface area contributed by atoms with Crippen molar-refractivity contribution in [2.45, 2.75) is 24.0 Å². The quantitative estimate of drug-likeness (QED) is 0.505. The first-order valence-corrected chi connectivity index (χ1v) is 5.25. The van der Waals surface area contributed by atoms with Crippen LogP contribution in [0.25, 0.3) is 0 Å². The van der Waals surface area contributed by atoms with Crippen LogP contribution in [0.5, 0.6) is 0 Å². The first kappa shape index (κ1) is 8.96. The van der Waals surface area contributed by atoms with E-state index >= 15 is 0 Å². The van der Waals surface area contributed by atoms with Crippen LogP contribution in [0.1, 0.15) is 19.3 Å². The van der Waals surface area contributed by atoms with Gasteiger partial charge in [-0.15, -0.1) is 6.42 Å². The highest BCUT2D eigenvalue weighted by Gasteiger charge is 2.35. The number of nitrogens with one attached hydrogen (secondary N) is 1. The third-order valence-electron chi connectivity index (χ3n) is 2.37. The third-order valence-corrected chi connectivity index (χ3v) is 3.79. The van der Waals surface area contributed by atoms with Crippen LogP contribution in [-0.2, 0) is 0 Å². The molecule has 0 unspecified atom stereocenters. The second-order valence-corrected chi connectivity index (χ2v) is 4.32.